The van der Waals surface area contributed by atoms with Crippen molar-refractivity contribution < 1.29 is 90.4 Å². The normalized spacial score (nSPS) is 16.2. The molecule has 0 saturated carbocycles. The van der Waals surface area contributed by atoms with Crippen molar-refractivity contribution >= 4 is 64.4 Å². The lowest BCUT2D eigenvalue weighted by Crippen LogP contribution is -3.00. The minimum Gasteiger partial charge on any atom is -1.00 e. The Labute approximate surface area is 508 Å². The fourth-order valence-corrected chi connectivity index (χ4v) is 10.1. The van der Waals surface area contributed by atoms with Crippen LogP contribution in [-0.4, -0.2) is 123 Å². The zero-order valence-corrected chi connectivity index (χ0v) is 52.0. The van der Waals surface area contributed by atoms with Crippen LogP contribution in [0, 0.1) is 0 Å². The van der Waals surface area contributed by atoms with Gasteiger partial charge in [0.15, 0.2) is 0 Å². The molecule has 18 nitrogen and oxygen atoms in total. The second-order valence-electron chi connectivity index (χ2n) is 20.6. The first-order valence-corrected chi connectivity index (χ1v) is 29.2. The van der Waals surface area contributed by atoms with Crippen molar-refractivity contribution in [2.75, 3.05) is 66.9 Å². The van der Waals surface area contributed by atoms with Crippen molar-refractivity contribution in [3.8, 4) is 23.3 Å². The molecule has 2 atom stereocenters. The number of unbranched alkanes of at least 4 members (excludes halogenated alkanes) is 6. The number of hydrogen-bond donors (Lipinski definition) is 0. The van der Waals surface area contributed by atoms with Crippen LogP contribution in [0.4, 0.5) is 0 Å². The third-order valence-electron chi connectivity index (χ3n) is 13.2. The summed E-state index contributed by atoms with van der Waals surface area (Å²) in [5.41, 5.74) is 6.80. The molecule has 0 saturated heterocycles. The number of likely N-dealkylation sites (N-methyl/N-ethyl adjacent to an activating group) is 2. The van der Waals surface area contributed by atoms with Gasteiger partial charge in [-0.25, -0.2) is 0 Å². The Balaban J connectivity index is 0.000000287. The number of hydrogen-bond acceptors (Lipinski definition) is 18. The van der Waals surface area contributed by atoms with Crippen LogP contribution in [0.3, 0.4) is 0 Å². The predicted octanol–water partition coefficient (Wildman–Crippen LogP) is 6.51. The van der Waals surface area contributed by atoms with E-state index < -0.39 is 17.9 Å². The molecule has 0 bridgehead atoms. The molecule has 2 unspecified atom stereocenters. The van der Waals surface area contributed by atoms with Crippen molar-refractivity contribution in [3.05, 3.63) is 131 Å². The third-order valence-corrected chi connectivity index (χ3v) is 14.3. The predicted molar refractivity (Wildman–Crippen MR) is 310 cm³/mol. The summed E-state index contributed by atoms with van der Waals surface area (Å²) in [6.45, 7) is 15.5. The number of ether oxygens (including phenoxy) is 6. The second kappa shape index (κ2) is 36.2. The van der Waals surface area contributed by atoms with E-state index in [-0.39, 0.29) is 68.6 Å². The van der Waals surface area contributed by atoms with Crippen LogP contribution in [0.5, 0.6) is 23.3 Å². The molecule has 0 amide bonds. The Morgan fingerprint density at radius 3 is 1.40 bits per heavy atom. The number of aliphatic carboxylic acids is 1. The Kier molecular flexibility index (Phi) is 30.1. The highest BCUT2D eigenvalue weighted by molar-refractivity contribution is 6.99. The highest BCUT2D eigenvalue weighted by atomic mass is 127. The number of halogens is 1. The van der Waals surface area contributed by atoms with Crippen LogP contribution >= 0.6 is 23.5 Å². The first-order chi connectivity index (χ1) is 39.0. The number of para-hydroxylation sites is 2. The summed E-state index contributed by atoms with van der Waals surface area (Å²) in [7, 11) is 4.14. The van der Waals surface area contributed by atoms with E-state index in [1.807, 2.05) is 18.2 Å². The minimum atomic E-state index is -1.04. The standard InChI is InChI=1S/2C25H34N3O5S.C11H12O2.HI/c2*1-4-5-6-9-15-31-25-24(26-34-27-25)21-12-10-14-28(3,17-21)18-32-23(30)16-20-11-7-8-13-22(20)33-19(2)29;1-2-5-9-6-3-4-7-10(9)8-11(12)13;/h2*7-8,11-13H,4-6,9-10,14-18H2,1-3H3;2-4,6-7H,1,5,8H2,(H,12,13);1H/q2*+1;;/p-2. The van der Waals surface area contributed by atoms with Gasteiger partial charge in [0.25, 0.3) is 11.8 Å². The molecule has 3 aromatic carbocycles. The van der Waals surface area contributed by atoms with Gasteiger partial charge in [0.2, 0.25) is 13.5 Å². The topological polar surface area (TPSA) is 215 Å². The Morgan fingerprint density at radius 2 is 1.00 bits per heavy atom. The SMILES string of the molecule is C=CCc1ccccc1CC(=O)[O-].CCCCCCOc1nsnc1C1=CCC[N+](C)(COC(=O)Cc2ccccc2OC(C)=O)C1.CCCCCCOc1nsnc1C1=CCC[N+](C)(COC(=O)Cc2ccccc2OC(C)=O)C1.[I-]. The van der Waals surface area contributed by atoms with E-state index in [0.29, 0.717) is 76.1 Å². The zero-order chi connectivity index (χ0) is 58.5. The number of carbonyl (C=O) groups excluding carboxylic acids is 5. The van der Waals surface area contributed by atoms with Gasteiger partial charge in [-0.05, 0) is 42.5 Å². The van der Waals surface area contributed by atoms with Gasteiger partial charge in [-0.3, -0.25) is 28.1 Å². The van der Waals surface area contributed by atoms with E-state index in [2.05, 4.69) is 64.2 Å². The van der Waals surface area contributed by atoms with E-state index >= 15 is 0 Å². The van der Waals surface area contributed by atoms with Crippen LogP contribution in [0.2, 0.25) is 0 Å². The minimum absolute atomic E-state index is 0. The fourth-order valence-electron chi connectivity index (χ4n) is 9.03. The van der Waals surface area contributed by atoms with Crippen molar-refractivity contribution in [3.63, 3.8) is 0 Å². The molecule has 0 radical (unpaired) electrons. The number of quaternary nitrogens is 2. The van der Waals surface area contributed by atoms with Crippen molar-refractivity contribution in [1.82, 2.24) is 17.5 Å². The summed E-state index contributed by atoms with van der Waals surface area (Å²) in [6.07, 6.45) is 17.7. The van der Waals surface area contributed by atoms with Crippen LogP contribution < -0.4 is 48.0 Å². The largest absolute Gasteiger partial charge is 1.00 e. The molecule has 0 N–H and O–H groups in total. The number of rotatable bonds is 28. The van der Waals surface area contributed by atoms with Crippen LogP contribution in [0.15, 0.2) is 97.6 Å². The van der Waals surface area contributed by atoms with Crippen LogP contribution in [-0.2, 0) is 59.1 Å². The molecule has 82 heavy (non-hydrogen) atoms. The molecule has 0 spiro atoms. The van der Waals surface area contributed by atoms with Crippen molar-refractivity contribution in [2.24, 2.45) is 0 Å². The Hall–Kier alpha value is -6.40. The maximum atomic E-state index is 12.6. The molecule has 2 aliphatic rings. The summed E-state index contributed by atoms with van der Waals surface area (Å²) >= 11 is 2.32. The zero-order valence-electron chi connectivity index (χ0n) is 48.2. The molecule has 444 valence electrons. The highest BCUT2D eigenvalue weighted by Crippen LogP contribution is 2.32. The smallest absolute Gasteiger partial charge is 0.314 e. The maximum Gasteiger partial charge on any atom is 0.314 e. The van der Waals surface area contributed by atoms with Gasteiger partial charge in [-0.2, -0.15) is 8.75 Å². The van der Waals surface area contributed by atoms with Crippen molar-refractivity contribution in [1.29, 1.82) is 0 Å². The number of allylic oxidation sites excluding steroid dienone is 1. The van der Waals surface area contributed by atoms with Gasteiger partial charge in [0.1, 0.15) is 36.0 Å². The first-order valence-electron chi connectivity index (χ1n) is 27.7. The van der Waals surface area contributed by atoms with Crippen LogP contribution in [0.25, 0.3) is 11.1 Å². The summed E-state index contributed by atoms with van der Waals surface area (Å²) in [4.78, 5) is 58.1. The number of carboxylic acid groups (broad SMARTS) is 1. The fraction of sp³-hybridized carbons (Fsp3) is 0.459. The van der Waals surface area contributed by atoms with Gasteiger partial charge in [0.05, 0.1) is 76.7 Å². The lowest BCUT2D eigenvalue weighted by molar-refractivity contribution is -0.919. The summed E-state index contributed by atoms with van der Waals surface area (Å²) < 4.78 is 52.3. The molecule has 21 heteroatoms. The first kappa shape index (κ1) is 68.1. The number of carbonyl (C=O) groups is 5. The lowest BCUT2D eigenvalue weighted by atomic mass is 10.0. The number of aromatic nitrogens is 4. The highest BCUT2D eigenvalue weighted by Gasteiger charge is 2.33. The molecular formula is C61H79IN6O12S2. The van der Waals surface area contributed by atoms with Gasteiger partial charge in [0, 0.05) is 61.4 Å². The quantitative estimate of drug-likeness (QED) is 0.0130. The molecule has 0 aliphatic carbocycles. The van der Waals surface area contributed by atoms with E-state index in [1.54, 1.807) is 60.7 Å². The lowest BCUT2D eigenvalue weighted by Gasteiger charge is -2.36. The van der Waals surface area contributed by atoms with E-state index in [1.165, 1.54) is 39.5 Å². The van der Waals surface area contributed by atoms with E-state index in [0.717, 1.165) is 109 Å². The number of nitrogens with zero attached hydrogens (tertiary/aromatic N) is 6. The summed E-state index contributed by atoms with van der Waals surface area (Å²) in [6, 6.07) is 21.4. The maximum absolute atomic E-state index is 12.6. The molecule has 5 aromatic rings. The third kappa shape index (κ3) is 23.8. The Bertz CT molecular complexity index is 2750. The van der Waals surface area contributed by atoms with Gasteiger partial charge in [-0.1, -0.05) is 131 Å². The molecule has 0 fully saturated rings. The number of esters is 4. The average Bonchev–Trinajstić information content (AvgIpc) is 4.31. The van der Waals surface area contributed by atoms with Crippen LogP contribution in [0.1, 0.15) is 126 Å². The molecular weight excluding hydrogens is 1200 g/mol. The average molecular weight is 1280 g/mol. The number of carboxylic acids is 1. The number of benzene rings is 3. The monoisotopic (exact) mass is 1280 g/mol. The van der Waals surface area contributed by atoms with E-state index in [9.17, 15) is 29.1 Å². The summed E-state index contributed by atoms with van der Waals surface area (Å²) in [5, 5.41) is 10.4. The Morgan fingerprint density at radius 1 is 0.585 bits per heavy atom. The molecule has 4 heterocycles. The van der Waals surface area contributed by atoms with E-state index in [4.69, 9.17) is 28.4 Å². The summed E-state index contributed by atoms with van der Waals surface area (Å²) in [5.74, 6) is -0.651. The molecule has 2 aliphatic heterocycles. The molecule has 2 aromatic heterocycles. The molecule has 7 rings (SSSR count). The van der Waals surface area contributed by atoms with Gasteiger partial charge >= 0.3 is 23.9 Å². The van der Waals surface area contributed by atoms with Gasteiger partial charge < -0.3 is 62.3 Å². The second-order valence-corrected chi connectivity index (χ2v) is 21.6. The van der Waals surface area contributed by atoms with Gasteiger partial charge in [-0.15, -0.1) is 15.3 Å². The van der Waals surface area contributed by atoms with Crippen molar-refractivity contribution in [2.45, 2.75) is 118 Å².